The van der Waals surface area contributed by atoms with Crippen LogP contribution in [0.4, 0.5) is 17.1 Å². The number of rotatable bonds is 6. The maximum absolute atomic E-state index is 6.59. The molecule has 0 unspecified atom stereocenters. The highest BCUT2D eigenvalue weighted by atomic mass is 16.3. The molecule has 0 radical (unpaired) electrons. The minimum Gasteiger partial charge on any atom is -0.455 e. The molecule has 1 aromatic heterocycles. The van der Waals surface area contributed by atoms with Crippen LogP contribution in [0.15, 0.2) is 217 Å². The summed E-state index contributed by atoms with van der Waals surface area (Å²) in [6.45, 7) is 4.75. The summed E-state index contributed by atoms with van der Waals surface area (Å²) in [6.07, 6.45) is 0. The van der Waals surface area contributed by atoms with E-state index in [0.717, 1.165) is 50.0 Å². The minimum absolute atomic E-state index is 0.223. The fourth-order valence-corrected chi connectivity index (χ4v) is 9.85. The van der Waals surface area contributed by atoms with E-state index in [2.05, 4.69) is 231 Å². The first kappa shape index (κ1) is 35.3. The summed E-state index contributed by atoms with van der Waals surface area (Å²) in [4.78, 5) is 2.43. The minimum atomic E-state index is -0.223. The second-order valence-corrected chi connectivity index (χ2v) is 16.9. The van der Waals surface area contributed by atoms with Crippen molar-refractivity contribution in [2.75, 3.05) is 4.90 Å². The van der Waals surface area contributed by atoms with Crippen molar-refractivity contribution in [3.63, 3.8) is 0 Å². The van der Waals surface area contributed by atoms with Gasteiger partial charge in [0, 0.05) is 38.3 Å². The molecule has 0 aliphatic heterocycles. The van der Waals surface area contributed by atoms with Crippen molar-refractivity contribution in [3.8, 4) is 44.5 Å². The smallest absolute Gasteiger partial charge is 0.143 e. The molecule has 0 saturated heterocycles. The average Bonchev–Trinajstić information content (AvgIpc) is 3.81. The first-order valence-electron chi connectivity index (χ1n) is 21.2. The van der Waals surface area contributed by atoms with Crippen molar-refractivity contribution in [3.05, 3.63) is 223 Å². The molecule has 0 fully saturated rings. The van der Waals surface area contributed by atoms with Gasteiger partial charge in [-0.2, -0.15) is 0 Å². The van der Waals surface area contributed by atoms with E-state index < -0.39 is 0 Å². The Balaban J connectivity index is 0.920. The molecule has 0 atom stereocenters. The molecule has 1 aliphatic carbocycles. The summed E-state index contributed by atoms with van der Waals surface area (Å²) in [5.41, 5.74) is 17.5. The third kappa shape index (κ3) is 5.71. The molecular weight excluding hydrogens is 739 g/mol. The molecular formula is C59H41NO. The van der Waals surface area contributed by atoms with Crippen molar-refractivity contribution in [1.29, 1.82) is 0 Å². The third-order valence-electron chi connectivity index (χ3n) is 13.1. The quantitative estimate of drug-likeness (QED) is 0.167. The molecule has 0 N–H and O–H groups in total. The summed E-state index contributed by atoms with van der Waals surface area (Å²) < 4.78 is 6.59. The van der Waals surface area contributed by atoms with Crippen LogP contribution >= 0.6 is 0 Å². The van der Waals surface area contributed by atoms with E-state index >= 15 is 0 Å². The van der Waals surface area contributed by atoms with Gasteiger partial charge in [0.05, 0.1) is 5.69 Å². The Kier molecular flexibility index (Phi) is 7.92. The van der Waals surface area contributed by atoms with E-state index in [-0.39, 0.29) is 5.41 Å². The first-order chi connectivity index (χ1) is 30.0. The van der Waals surface area contributed by atoms with Crippen molar-refractivity contribution < 1.29 is 4.42 Å². The molecule has 0 amide bonds. The van der Waals surface area contributed by atoms with Gasteiger partial charge >= 0.3 is 0 Å². The highest BCUT2D eigenvalue weighted by Crippen LogP contribution is 2.52. The molecule has 1 aliphatic rings. The molecule has 10 aromatic carbocycles. The van der Waals surface area contributed by atoms with Crippen LogP contribution in [0.25, 0.3) is 88.0 Å². The summed E-state index contributed by atoms with van der Waals surface area (Å²) >= 11 is 0. The predicted molar refractivity (Wildman–Crippen MR) is 257 cm³/mol. The van der Waals surface area contributed by atoms with Crippen molar-refractivity contribution in [2.45, 2.75) is 19.3 Å². The third-order valence-corrected chi connectivity index (χ3v) is 13.1. The Morgan fingerprint density at radius 1 is 0.361 bits per heavy atom. The Bertz CT molecular complexity index is 3480. The molecule has 288 valence electrons. The van der Waals surface area contributed by atoms with Crippen molar-refractivity contribution in [2.24, 2.45) is 0 Å². The first-order valence-corrected chi connectivity index (χ1v) is 21.2. The lowest BCUT2D eigenvalue weighted by molar-refractivity contribution is 0.660. The summed E-state index contributed by atoms with van der Waals surface area (Å²) in [6, 6.07) is 77.4. The molecule has 12 rings (SSSR count). The van der Waals surface area contributed by atoms with Crippen LogP contribution in [0, 0.1) is 0 Å². The second-order valence-electron chi connectivity index (χ2n) is 16.9. The molecule has 0 saturated carbocycles. The van der Waals surface area contributed by atoms with E-state index in [0.29, 0.717) is 0 Å². The highest BCUT2D eigenvalue weighted by Gasteiger charge is 2.36. The van der Waals surface area contributed by atoms with Crippen LogP contribution in [-0.4, -0.2) is 0 Å². The number of nitrogens with zero attached hydrogens (tertiary/aromatic N) is 1. The Hall–Kier alpha value is -7.68. The number of hydrogen-bond donors (Lipinski definition) is 0. The van der Waals surface area contributed by atoms with Crippen LogP contribution in [0.3, 0.4) is 0 Å². The Labute approximate surface area is 355 Å². The van der Waals surface area contributed by atoms with Gasteiger partial charge in [-0.3, -0.25) is 0 Å². The normalized spacial score (nSPS) is 12.9. The number of fused-ring (bicyclic) bond motifs is 9. The molecule has 0 spiro atoms. The Morgan fingerprint density at radius 2 is 0.885 bits per heavy atom. The molecule has 61 heavy (non-hydrogen) atoms. The van der Waals surface area contributed by atoms with Crippen LogP contribution < -0.4 is 4.90 Å². The van der Waals surface area contributed by atoms with Crippen LogP contribution in [0.2, 0.25) is 0 Å². The molecule has 11 aromatic rings. The van der Waals surface area contributed by atoms with E-state index in [9.17, 15) is 0 Å². The van der Waals surface area contributed by atoms with Gasteiger partial charge in [-0.05, 0) is 121 Å². The van der Waals surface area contributed by atoms with Gasteiger partial charge in [0.2, 0.25) is 0 Å². The van der Waals surface area contributed by atoms with Gasteiger partial charge in [-0.1, -0.05) is 172 Å². The molecule has 2 nitrogen and oxygen atoms in total. The number of benzene rings is 10. The van der Waals surface area contributed by atoms with Crippen molar-refractivity contribution >= 4 is 60.5 Å². The lowest BCUT2D eigenvalue weighted by atomic mass is 9.81. The van der Waals surface area contributed by atoms with Crippen molar-refractivity contribution in [1.82, 2.24) is 0 Å². The van der Waals surface area contributed by atoms with Crippen LogP contribution in [0.1, 0.15) is 25.0 Å². The van der Waals surface area contributed by atoms with E-state index in [4.69, 9.17) is 4.42 Å². The zero-order valence-electron chi connectivity index (χ0n) is 34.1. The fraction of sp³-hybridized carbons (Fsp3) is 0.0508. The van der Waals surface area contributed by atoms with E-state index in [1.165, 1.54) is 66.2 Å². The van der Waals surface area contributed by atoms with E-state index in [1.54, 1.807) is 0 Å². The zero-order chi connectivity index (χ0) is 40.7. The number of hydrogen-bond acceptors (Lipinski definition) is 2. The fourth-order valence-electron chi connectivity index (χ4n) is 9.85. The average molecular weight is 780 g/mol. The Morgan fingerprint density at radius 3 is 1.64 bits per heavy atom. The monoisotopic (exact) mass is 779 g/mol. The number of anilines is 3. The van der Waals surface area contributed by atoms with Gasteiger partial charge in [0.15, 0.2) is 0 Å². The summed E-state index contributed by atoms with van der Waals surface area (Å²) in [5, 5.41) is 7.08. The van der Waals surface area contributed by atoms with Gasteiger partial charge in [0.25, 0.3) is 0 Å². The molecule has 1 heterocycles. The molecule has 2 heteroatoms. The van der Waals surface area contributed by atoms with Crippen LogP contribution in [-0.2, 0) is 5.41 Å². The maximum Gasteiger partial charge on any atom is 0.143 e. The second kappa shape index (κ2) is 13.7. The maximum atomic E-state index is 6.59. The van der Waals surface area contributed by atoms with Gasteiger partial charge < -0.3 is 9.32 Å². The lowest BCUT2D eigenvalue weighted by Crippen LogP contribution is -2.16. The van der Waals surface area contributed by atoms with Gasteiger partial charge in [-0.25, -0.2) is 0 Å². The number of furan rings is 1. The summed E-state index contributed by atoms with van der Waals surface area (Å²) in [7, 11) is 0. The lowest BCUT2D eigenvalue weighted by Gasteiger charge is -2.29. The zero-order valence-corrected chi connectivity index (χ0v) is 34.1. The van der Waals surface area contributed by atoms with Gasteiger partial charge in [-0.15, -0.1) is 0 Å². The SMILES string of the molecule is CC1(C)c2cc(-c3ccc4c(c3)oc3c5ccccc5ccc43)ccc2-c2ccc(N(c3ccc(-c4ccc(-c5ccccc5)cc4)cc3)c3cccc4ccccc34)cc21. The highest BCUT2D eigenvalue weighted by molar-refractivity contribution is 6.15. The standard InChI is InChI=1S/C59H41NO/c1-59(2)54-35-44(45-27-32-52-53-33-25-43-14-7-9-17-49(43)58(53)61-57(52)36-45)26-31-50(54)51-34-30-47(37-55(51)59)60(56-18-10-15-42-13-6-8-16-48(42)56)46-28-23-41(24-29-46)40-21-19-39(20-22-40)38-11-4-3-5-12-38/h3-37H,1-2H3. The molecule has 0 bridgehead atoms. The topological polar surface area (TPSA) is 16.4 Å². The van der Waals surface area contributed by atoms with Crippen LogP contribution in [0.5, 0.6) is 0 Å². The van der Waals surface area contributed by atoms with Gasteiger partial charge in [0.1, 0.15) is 11.2 Å². The predicted octanol–water partition coefficient (Wildman–Crippen LogP) is 16.7. The largest absolute Gasteiger partial charge is 0.455 e. The summed E-state index contributed by atoms with van der Waals surface area (Å²) in [5.74, 6) is 0. The van der Waals surface area contributed by atoms with E-state index in [1.807, 2.05) is 0 Å².